The first-order valence-corrected chi connectivity index (χ1v) is 9.96. The smallest absolute Gasteiger partial charge is 0.327 e. The van der Waals surface area contributed by atoms with Crippen molar-refractivity contribution >= 4 is 29.5 Å². The van der Waals surface area contributed by atoms with E-state index >= 15 is 0 Å². The third kappa shape index (κ3) is 2.52. The molecular formula is C19H23N3O5S. The number of benzene rings is 1. The van der Waals surface area contributed by atoms with Gasteiger partial charge in [0.2, 0.25) is 11.8 Å². The number of carboxylic acid groups (broad SMARTS) is 1. The number of phenols is 1. The van der Waals surface area contributed by atoms with E-state index in [0.29, 0.717) is 5.56 Å². The quantitative estimate of drug-likeness (QED) is 0.646. The van der Waals surface area contributed by atoms with Crippen molar-refractivity contribution in [2.75, 3.05) is 0 Å². The standard InChI is InChI=1S/C19H23N3O5S/c1-18(2)13(17(26)27)21-15(25)12(16(21)28-18)22-14(24)11(20-19(22,3)4)9-5-7-10(23)8-6-9/h5-8,11-13,16,20,23H,1-4H3,(H,26,27)/t11-,12-,13+,16-/m1/s1. The molecule has 9 heteroatoms. The van der Waals surface area contributed by atoms with Crippen LogP contribution in [0.1, 0.15) is 39.3 Å². The van der Waals surface area contributed by atoms with Gasteiger partial charge < -0.3 is 20.0 Å². The number of carbonyl (C=O) groups excluding carboxylic acids is 2. The van der Waals surface area contributed by atoms with E-state index in [1.807, 2.05) is 27.7 Å². The Kier molecular flexibility index (Phi) is 4.00. The molecule has 0 saturated carbocycles. The highest BCUT2D eigenvalue weighted by Crippen LogP contribution is 2.53. The maximum Gasteiger partial charge on any atom is 0.327 e. The molecular weight excluding hydrogens is 382 g/mol. The zero-order chi connectivity index (χ0) is 20.6. The van der Waals surface area contributed by atoms with Gasteiger partial charge in [-0.05, 0) is 45.4 Å². The van der Waals surface area contributed by atoms with Gasteiger partial charge in [-0.1, -0.05) is 12.1 Å². The van der Waals surface area contributed by atoms with Crippen LogP contribution in [0.25, 0.3) is 0 Å². The third-order valence-electron chi connectivity index (χ3n) is 5.74. The van der Waals surface area contributed by atoms with Crippen LogP contribution in [-0.2, 0) is 14.4 Å². The van der Waals surface area contributed by atoms with Crippen LogP contribution in [-0.4, -0.2) is 65.7 Å². The van der Waals surface area contributed by atoms with Gasteiger partial charge in [0, 0.05) is 4.75 Å². The normalized spacial score (nSPS) is 33.0. The number of nitrogens with one attached hydrogen (secondary N) is 1. The van der Waals surface area contributed by atoms with E-state index in [0.717, 1.165) is 0 Å². The molecule has 3 aliphatic rings. The van der Waals surface area contributed by atoms with Gasteiger partial charge in [-0.25, -0.2) is 4.79 Å². The second-order valence-corrected chi connectivity index (χ2v) is 10.3. The first-order chi connectivity index (χ1) is 13.0. The number of hydrogen-bond donors (Lipinski definition) is 3. The lowest BCUT2D eigenvalue weighted by Crippen LogP contribution is -2.73. The molecule has 0 spiro atoms. The van der Waals surface area contributed by atoms with E-state index in [9.17, 15) is 24.6 Å². The van der Waals surface area contributed by atoms with E-state index in [4.69, 9.17) is 0 Å². The van der Waals surface area contributed by atoms with Crippen molar-refractivity contribution in [3.05, 3.63) is 29.8 Å². The number of aliphatic carboxylic acids is 1. The first-order valence-electron chi connectivity index (χ1n) is 9.08. The van der Waals surface area contributed by atoms with Gasteiger partial charge in [0.05, 0.1) is 5.66 Å². The van der Waals surface area contributed by atoms with Crippen LogP contribution < -0.4 is 5.32 Å². The van der Waals surface area contributed by atoms with Crippen LogP contribution in [0.2, 0.25) is 0 Å². The zero-order valence-corrected chi connectivity index (χ0v) is 16.9. The number of β-lactam (4-membered cyclic amide) rings is 1. The maximum atomic E-state index is 13.3. The Bertz CT molecular complexity index is 869. The van der Waals surface area contributed by atoms with Crippen molar-refractivity contribution < 1.29 is 24.6 Å². The molecule has 0 aromatic heterocycles. The van der Waals surface area contributed by atoms with Gasteiger partial charge >= 0.3 is 5.97 Å². The van der Waals surface area contributed by atoms with Gasteiger partial charge in [-0.3, -0.25) is 14.9 Å². The molecule has 0 aliphatic carbocycles. The highest BCUT2D eigenvalue weighted by atomic mass is 32.2. The van der Waals surface area contributed by atoms with E-state index < -0.39 is 34.5 Å². The van der Waals surface area contributed by atoms with Crippen LogP contribution in [0, 0.1) is 0 Å². The van der Waals surface area contributed by atoms with Crippen LogP contribution >= 0.6 is 11.8 Å². The number of hydrogen-bond acceptors (Lipinski definition) is 6. The second kappa shape index (κ2) is 5.87. The Hall–Kier alpha value is -2.26. The minimum atomic E-state index is -1.03. The lowest BCUT2D eigenvalue weighted by molar-refractivity contribution is -0.170. The average Bonchev–Trinajstić information content (AvgIpc) is 2.98. The molecule has 0 radical (unpaired) electrons. The summed E-state index contributed by atoms with van der Waals surface area (Å²) in [5.41, 5.74) is -0.0808. The van der Waals surface area contributed by atoms with Gasteiger partial charge in [0.25, 0.3) is 0 Å². The van der Waals surface area contributed by atoms with Crippen LogP contribution in [0.15, 0.2) is 24.3 Å². The Morgan fingerprint density at radius 2 is 1.71 bits per heavy atom. The Balaban J connectivity index is 1.64. The molecule has 4 rings (SSSR count). The monoisotopic (exact) mass is 405 g/mol. The summed E-state index contributed by atoms with van der Waals surface area (Å²) >= 11 is 1.42. The largest absolute Gasteiger partial charge is 0.508 e. The summed E-state index contributed by atoms with van der Waals surface area (Å²) in [5, 5.41) is 22.0. The highest BCUT2D eigenvalue weighted by Gasteiger charge is 2.68. The van der Waals surface area contributed by atoms with E-state index in [-0.39, 0.29) is 22.9 Å². The zero-order valence-electron chi connectivity index (χ0n) is 16.0. The molecule has 2 amide bonds. The average molecular weight is 405 g/mol. The number of carboxylic acids is 1. The fourth-order valence-electron chi connectivity index (χ4n) is 4.51. The molecule has 28 heavy (non-hydrogen) atoms. The second-order valence-electron chi connectivity index (χ2n) is 8.48. The number of fused-ring (bicyclic) bond motifs is 1. The predicted molar refractivity (Wildman–Crippen MR) is 102 cm³/mol. The number of phenolic OH excluding ortho intramolecular Hbond substituents is 1. The number of aromatic hydroxyl groups is 1. The van der Waals surface area contributed by atoms with E-state index in [1.54, 1.807) is 17.0 Å². The summed E-state index contributed by atoms with van der Waals surface area (Å²) in [6.07, 6.45) is 0. The minimum absolute atomic E-state index is 0.111. The number of carbonyl (C=O) groups is 3. The molecule has 4 atom stereocenters. The number of nitrogens with zero attached hydrogens (tertiary/aromatic N) is 2. The number of thioether (sulfide) groups is 1. The molecule has 1 aromatic carbocycles. The van der Waals surface area contributed by atoms with Crippen molar-refractivity contribution in [2.24, 2.45) is 0 Å². The van der Waals surface area contributed by atoms with Gasteiger partial charge in [-0.2, -0.15) is 0 Å². The number of amides is 2. The van der Waals surface area contributed by atoms with E-state index in [1.165, 1.54) is 28.8 Å². The Morgan fingerprint density at radius 3 is 2.29 bits per heavy atom. The van der Waals surface area contributed by atoms with Crippen molar-refractivity contribution in [3.63, 3.8) is 0 Å². The molecule has 3 heterocycles. The van der Waals surface area contributed by atoms with Crippen molar-refractivity contribution in [2.45, 2.75) is 61.6 Å². The van der Waals surface area contributed by atoms with Crippen molar-refractivity contribution in [1.82, 2.24) is 15.1 Å². The van der Waals surface area contributed by atoms with Crippen LogP contribution in [0.4, 0.5) is 0 Å². The maximum absolute atomic E-state index is 13.3. The van der Waals surface area contributed by atoms with Crippen LogP contribution in [0.3, 0.4) is 0 Å². The van der Waals surface area contributed by atoms with E-state index in [2.05, 4.69) is 5.32 Å². The Morgan fingerprint density at radius 1 is 1.11 bits per heavy atom. The molecule has 3 N–H and O–H groups in total. The predicted octanol–water partition coefficient (Wildman–Crippen LogP) is 1.12. The van der Waals surface area contributed by atoms with Gasteiger partial charge in [0.15, 0.2) is 0 Å². The lowest BCUT2D eigenvalue weighted by atomic mass is 9.94. The van der Waals surface area contributed by atoms with Gasteiger partial charge in [-0.15, -0.1) is 11.8 Å². The number of rotatable bonds is 3. The molecule has 0 unspecified atom stereocenters. The fourth-order valence-corrected chi connectivity index (χ4v) is 6.18. The molecule has 3 fully saturated rings. The molecule has 3 saturated heterocycles. The van der Waals surface area contributed by atoms with Crippen molar-refractivity contribution in [1.29, 1.82) is 0 Å². The molecule has 3 aliphatic heterocycles. The lowest BCUT2D eigenvalue weighted by Gasteiger charge is -2.50. The summed E-state index contributed by atoms with van der Waals surface area (Å²) in [4.78, 5) is 40.9. The summed E-state index contributed by atoms with van der Waals surface area (Å²) in [6.45, 7) is 7.29. The highest BCUT2D eigenvalue weighted by molar-refractivity contribution is 8.01. The summed E-state index contributed by atoms with van der Waals surface area (Å²) < 4.78 is -0.641. The van der Waals surface area contributed by atoms with Crippen LogP contribution in [0.5, 0.6) is 5.75 Å². The Labute approximate surface area is 166 Å². The molecule has 0 bridgehead atoms. The molecule has 1 aromatic rings. The summed E-state index contributed by atoms with van der Waals surface area (Å²) in [5.74, 6) is -1.48. The summed E-state index contributed by atoms with van der Waals surface area (Å²) in [7, 11) is 0. The fraction of sp³-hybridized carbons (Fsp3) is 0.526. The first kappa shape index (κ1) is 19.1. The van der Waals surface area contributed by atoms with Gasteiger partial charge in [0.1, 0.15) is 29.2 Å². The molecule has 150 valence electrons. The summed E-state index contributed by atoms with van der Waals surface area (Å²) in [6, 6.07) is 4.14. The topological polar surface area (TPSA) is 110 Å². The minimum Gasteiger partial charge on any atom is -0.508 e. The van der Waals surface area contributed by atoms with Crippen molar-refractivity contribution in [3.8, 4) is 5.75 Å². The SMILES string of the molecule is CC1(C)S[C@@H]2[C@H](N3C(=O)[C@@H](c4ccc(O)cc4)NC3(C)C)C(=O)N2[C@H]1C(=O)O. The third-order valence-corrected chi connectivity index (χ3v) is 7.29. The molecule has 8 nitrogen and oxygen atoms in total.